The molecule has 1 saturated heterocycles. The largest absolute Gasteiger partial charge is 0.365 e. The molecule has 1 aliphatic heterocycles. The van der Waals surface area contributed by atoms with Crippen molar-refractivity contribution >= 4 is 27.5 Å². The van der Waals surface area contributed by atoms with Gasteiger partial charge in [-0.1, -0.05) is 28.1 Å². The summed E-state index contributed by atoms with van der Waals surface area (Å²) < 4.78 is 5.54. The van der Waals surface area contributed by atoms with E-state index < -0.39 is 0 Å². The van der Waals surface area contributed by atoms with Crippen LogP contribution in [0.25, 0.3) is 0 Å². The van der Waals surface area contributed by atoms with Gasteiger partial charge in [-0.15, -0.1) is 0 Å². The van der Waals surface area contributed by atoms with Crippen LogP contribution in [0.3, 0.4) is 0 Å². The van der Waals surface area contributed by atoms with E-state index in [9.17, 15) is 4.79 Å². The quantitative estimate of drug-likeness (QED) is 0.868. The molecule has 18 heavy (non-hydrogen) atoms. The lowest BCUT2D eigenvalue weighted by Gasteiger charge is -2.12. The Bertz CT molecular complexity index is 405. The van der Waals surface area contributed by atoms with Gasteiger partial charge in [-0.2, -0.15) is 0 Å². The zero-order valence-electron chi connectivity index (χ0n) is 10.5. The van der Waals surface area contributed by atoms with Gasteiger partial charge < -0.3 is 10.1 Å². The number of rotatable bonds is 4. The molecule has 0 radical (unpaired) electrons. The van der Waals surface area contributed by atoms with E-state index in [1.165, 1.54) is 5.56 Å². The predicted molar refractivity (Wildman–Crippen MR) is 76.1 cm³/mol. The number of aryl methyl sites for hydroxylation is 1. The number of benzene rings is 1. The van der Waals surface area contributed by atoms with E-state index in [1.54, 1.807) is 0 Å². The molecular formula is C14H18BrNO2. The van der Waals surface area contributed by atoms with Crippen LogP contribution in [0.5, 0.6) is 0 Å². The lowest BCUT2D eigenvalue weighted by Crippen LogP contribution is -2.27. The summed E-state index contributed by atoms with van der Waals surface area (Å²) in [5, 5.41) is 3.85. The summed E-state index contributed by atoms with van der Waals surface area (Å²) in [7, 11) is 0. The zero-order chi connectivity index (χ0) is 13.0. The Morgan fingerprint density at radius 3 is 2.67 bits per heavy atom. The SMILES string of the molecule is CC1CCC(C(=O)Nc2ccc(CCBr)cc2)O1. The van der Waals surface area contributed by atoms with Crippen LogP contribution in [0.1, 0.15) is 25.3 Å². The van der Waals surface area contributed by atoms with Gasteiger partial charge in [-0.3, -0.25) is 4.79 Å². The van der Waals surface area contributed by atoms with Crippen LogP contribution in [0.15, 0.2) is 24.3 Å². The van der Waals surface area contributed by atoms with Gasteiger partial charge in [0.25, 0.3) is 5.91 Å². The molecule has 2 unspecified atom stereocenters. The molecule has 1 fully saturated rings. The molecule has 3 nitrogen and oxygen atoms in total. The molecule has 1 aliphatic rings. The molecule has 0 aromatic heterocycles. The number of nitrogens with one attached hydrogen (secondary N) is 1. The Balaban J connectivity index is 1.90. The van der Waals surface area contributed by atoms with E-state index in [-0.39, 0.29) is 18.1 Å². The standard InChI is InChI=1S/C14H18BrNO2/c1-10-2-7-13(18-10)14(17)16-12-5-3-11(4-6-12)8-9-15/h3-6,10,13H,2,7-9H2,1H3,(H,16,17). The van der Waals surface area contributed by atoms with Crippen molar-refractivity contribution in [1.82, 2.24) is 0 Å². The predicted octanol–water partition coefficient (Wildman–Crippen LogP) is 3.13. The van der Waals surface area contributed by atoms with Crippen LogP contribution < -0.4 is 5.32 Å². The number of carbonyl (C=O) groups excluding carboxylic acids is 1. The topological polar surface area (TPSA) is 38.3 Å². The third-order valence-corrected chi connectivity index (χ3v) is 3.53. The number of anilines is 1. The number of ether oxygens (including phenoxy) is 1. The summed E-state index contributed by atoms with van der Waals surface area (Å²) in [5.41, 5.74) is 2.09. The summed E-state index contributed by atoms with van der Waals surface area (Å²) >= 11 is 3.41. The number of hydrogen-bond donors (Lipinski definition) is 1. The highest BCUT2D eigenvalue weighted by atomic mass is 79.9. The Kier molecular flexibility index (Phi) is 4.78. The molecule has 1 N–H and O–H groups in total. The third-order valence-electron chi connectivity index (χ3n) is 3.13. The van der Waals surface area contributed by atoms with Gasteiger partial charge in [-0.05, 0) is 43.9 Å². The van der Waals surface area contributed by atoms with Gasteiger partial charge in [0.2, 0.25) is 0 Å². The fourth-order valence-electron chi connectivity index (χ4n) is 2.08. The number of alkyl halides is 1. The number of hydrogen-bond acceptors (Lipinski definition) is 2. The number of amides is 1. The molecule has 4 heteroatoms. The first-order valence-electron chi connectivity index (χ1n) is 6.30. The van der Waals surface area contributed by atoms with Crippen LogP contribution >= 0.6 is 15.9 Å². The summed E-state index contributed by atoms with van der Waals surface area (Å²) in [5.74, 6) is -0.0346. The van der Waals surface area contributed by atoms with Crippen molar-refractivity contribution in [2.24, 2.45) is 0 Å². The van der Waals surface area contributed by atoms with Gasteiger partial charge in [0.1, 0.15) is 6.10 Å². The van der Waals surface area contributed by atoms with E-state index in [2.05, 4.69) is 21.2 Å². The highest BCUT2D eigenvalue weighted by Gasteiger charge is 2.27. The highest BCUT2D eigenvalue weighted by molar-refractivity contribution is 9.09. The maximum atomic E-state index is 11.9. The van der Waals surface area contributed by atoms with E-state index >= 15 is 0 Å². The summed E-state index contributed by atoms with van der Waals surface area (Å²) in [6.07, 6.45) is 2.68. The molecule has 1 heterocycles. The van der Waals surface area contributed by atoms with E-state index in [4.69, 9.17) is 4.74 Å². The maximum Gasteiger partial charge on any atom is 0.253 e. The fraction of sp³-hybridized carbons (Fsp3) is 0.500. The average molecular weight is 312 g/mol. The van der Waals surface area contributed by atoms with Crippen LogP contribution in [0.4, 0.5) is 5.69 Å². The van der Waals surface area contributed by atoms with Crippen molar-refractivity contribution in [3.8, 4) is 0 Å². The first-order chi connectivity index (χ1) is 8.69. The van der Waals surface area contributed by atoms with E-state index in [0.717, 1.165) is 30.3 Å². The Morgan fingerprint density at radius 2 is 2.11 bits per heavy atom. The smallest absolute Gasteiger partial charge is 0.253 e. The Labute approximate surface area is 116 Å². The molecule has 98 valence electrons. The summed E-state index contributed by atoms with van der Waals surface area (Å²) in [6, 6.07) is 7.95. The van der Waals surface area contributed by atoms with Crippen LogP contribution in [-0.4, -0.2) is 23.4 Å². The minimum Gasteiger partial charge on any atom is -0.365 e. The monoisotopic (exact) mass is 311 g/mol. The highest BCUT2D eigenvalue weighted by Crippen LogP contribution is 2.20. The summed E-state index contributed by atoms with van der Waals surface area (Å²) in [6.45, 7) is 2.00. The van der Waals surface area contributed by atoms with Gasteiger partial charge >= 0.3 is 0 Å². The normalized spacial score (nSPS) is 23.0. The van der Waals surface area contributed by atoms with E-state index in [1.807, 2.05) is 31.2 Å². The molecule has 0 bridgehead atoms. The molecule has 0 aliphatic carbocycles. The number of halogens is 1. The van der Waals surface area contributed by atoms with Crippen LogP contribution in [0.2, 0.25) is 0 Å². The minimum absolute atomic E-state index is 0.0346. The molecule has 0 spiro atoms. The Morgan fingerprint density at radius 1 is 1.39 bits per heavy atom. The van der Waals surface area contributed by atoms with Crippen LogP contribution in [-0.2, 0) is 16.0 Å². The van der Waals surface area contributed by atoms with Gasteiger partial charge in [0.05, 0.1) is 6.10 Å². The molecule has 0 saturated carbocycles. The summed E-state index contributed by atoms with van der Waals surface area (Å²) in [4.78, 5) is 11.9. The molecule has 2 atom stereocenters. The lowest BCUT2D eigenvalue weighted by atomic mass is 10.1. The average Bonchev–Trinajstić information content (AvgIpc) is 2.79. The first kappa shape index (κ1) is 13.6. The second-order valence-electron chi connectivity index (χ2n) is 4.64. The second-order valence-corrected chi connectivity index (χ2v) is 5.43. The van der Waals surface area contributed by atoms with Gasteiger partial charge in [-0.25, -0.2) is 0 Å². The van der Waals surface area contributed by atoms with Crippen molar-refractivity contribution in [3.63, 3.8) is 0 Å². The molecular weight excluding hydrogens is 294 g/mol. The van der Waals surface area contributed by atoms with Crippen molar-refractivity contribution in [3.05, 3.63) is 29.8 Å². The van der Waals surface area contributed by atoms with Crippen molar-refractivity contribution in [1.29, 1.82) is 0 Å². The third kappa shape index (κ3) is 3.56. The fourth-order valence-corrected chi connectivity index (χ4v) is 2.54. The molecule has 2 rings (SSSR count). The van der Waals surface area contributed by atoms with Crippen molar-refractivity contribution < 1.29 is 9.53 Å². The van der Waals surface area contributed by atoms with Crippen molar-refractivity contribution in [2.45, 2.75) is 38.4 Å². The van der Waals surface area contributed by atoms with Crippen molar-refractivity contribution in [2.75, 3.05) is 10.6 Å². The molecule has 1 aromatic rings. The Hall–Kier alpha value is -0.870. The van der Waals surface area contributed by atoms with Gasteiger partial charge in [0.15, 0.2) is 0 Å². The van der Waals surface area contributed by atoms with Crippen LogP contribution in [0, 0.1) is 0 Å². The number of carbonyl (C=O) groups is 1. The van der Waals surface area contributed by atoms with Gasteiger partial charge in [0, 0.05) is 11.0 Å². The lowest BCUT2D eigenvalue weighted by molar-refractivity contribution is -0.126. The maximum absolute atomic E-state index is 11.9. The van der Waals surface area contributed by atoms with E-state index in [0.29, 0.717) is 0 Å². The first-order valence-corrected chi connectivity index (χ1v) is 7.42. The second kappa shape index (κ2) is 6.34. The minimum atomic E-state index is -0.290. The molecule has 1 amide bonds. The zero-order valence-corrected chi connectivity index (χ0v) is 12.1. The molecule has 1 aromatic carbocycles.